The second-order valence-corrected chi connectivity index (χ2v) is 7.16. The van der Waals surface area contributed by atoms with Crippen molar-refractivity contribution in [3.05, 3.63) is 0 Å². The molecule has 0 spiro atoms. The van der Waals surface area contributed by atoms with Gasteiger partial charge in [-0.2, -0.15) is 11.8 Å². The molecule has 3 rings (SSSR count). The molecule has 2 aliphatic heterocycles. The summed E-state index contributed by atoms with van der Waals surface area (Å²) in [5.74, 6) is 2.10. The van der Waals surface area contributed by atoms with Crippen LogP contribution in [0.2, 0.25) is 0 Å². The number of nitrogens with one attached hydrogen (secondary N) is 1. The third-order valence-electron chi connectivity index (χ3n) is 5.22. The van der Waals surface area contributed by atoms with Crippen LogP contribution in [-0.4, -0.2) is 48.6 Å². The molecule has 0 aromatic carbocycles. The van der Waals surface area contributed by atoms with Crippen LogP contribution in [0.15, 0.2) is 0 Å². The number of hydrogen-bond donors (Lipinski definition) is 1. The van der Waals surface area contributed by atoms with Crippen molar-refractivity contribution in [1.82, 2.24) is 10.2 Å². The van der Waals surface area contributed by atoms with E-state index < -0.39 is 0 Å². The van der Waals surface area contributed by atoms with E-state index in [4.69, 9.17) is 0 Å². The Labute approximate surface area is 110 Å². The lowest BCUT2D eigenvalue weighted by atomic mass is 9.75. The molecule has 2 nitrogen and oxygen atoms in total. The smallest absolute Gasteiger partial charge is 0.0351 e. The van der Waals surface area contributed by atoms with Gasteiger partial charge in [-0.15, -0.1) is 0 Å². The zero-order valence-corrected chi connectivity index (χ0v) is 11.8. The molecule has 0 aromatic rings. The Kier molecular flexibility index (Phi) is 3.98. The third kappa shape index (κ3) is 2.52. The Balaban J connectivity index is 1.61. The summed E-state index contributed by atoms with van der Waals surface area (Å²) >= 11 is 2.06. The third-order valence-corrected chi connectivity index (χ3v) is 6.31. The number of likely N-dealkylation sites (tertiary alicyclic amines) is 1. The van der Waals surface area contributed by atoms with Crippen LogP contribution in [0.1, 0.15) is 32.1 Å². The van der Waals surface area contributed by atoms with E-state index in [-0.39, 0.29) is 0 Å². The van der Waals surface area contributed by atoms with E-state index in [1.54, 1.807) is 0 Å². The Bertz CT molecular complexity index is 259. The molecule has 1 saturated carbocycles. The fraction of sp³-hybridized carbons (Fsp3) is 1.00. The van der Waals surface area contributed by atoms with Gasteiger partial charge in [0.2, 0.25) is 0 Å². The molecule has 2 heterocycles. The second-order valence-electron chi connectivity index (χ2n) is 6.09. The fourth-order valence-electron chi connectivity index (χ4n) is 4.18. The first kappa shape index (κ1) is 12.3. The van der Waals surface area contributed by atoms with E-state index in [0.717, 1.165) is 23.1 Å². The fourth-order valence-corrected chi connectivity index (χ4v) is 5.04. The van der Waals surface area contributed by atoms with Gasteiger partial charge in [0.15, 0.2) is 0 Å². The maximum atomic E-state index is 3.58. The standard InChI is InChI=1S/C14H26N2S/c1-17-14-9-15-8-13(14)16-7-6-11-4-2-3-5-12(11)10-16/h11-15H,2-10H2,1H3. The normalized spacial score (nSPS) is 43.6. The monoisotopic (exact) mass is 254 g/mol. The number of rotatable bonds is 2. The molecule has 1 N–H and O–H groups in total. The van der Waals surface area contributed by atoms with Crippen LogP contribution in [0.3, 0.4) is 0 Å². The lowest BCUT2D eigenvalue weighted by molar-refractivity contribution is 0.0636. The van der Waals surface area contributed by atoms with Crippen molar-refractivity contribution < 1.29 is 0 Å². The molecule has 0 aromatic heterocycles. The zero-order valence-electron chi connectivity index (χ0n) is 11.0. The molecule has 0 radical (unpaired) electrons. The van der Waals surface area contributed by atoms with Crippen LogP contribution < -0.4 is 5.32 Å². The minimum absolute atomic E-state index is 0.813. The van der Waals surface area contributed by atoms with E-state index in [1.807, 2.05) is 0 Å². The predicted octanol–water partition coefficient (Wildman–Crippen LogP) is 2.20. The number of fused-ring (bicyclic) bond motifs is 1. The van der Waals surface area contributed by atoms with Gasteiger partial charge in [-0.3, -0.25) is 4.90 Å². The molecule has 3 heteroatoms. The molecule has 98 valence electrons. The number of nitrogens with zero attached hydrogens (tertiary/aromatic N) is 1. The molecule has 0 amide bonds. The average Bonchev–Trinajstić information content (AvgIpc) is 2.86. The van der Waals surface area contributed by atoms with Crippen molar-refractivity contribution in [2.45, 2.75) is 43.4 Å². The van der Waals surface area contributed by atoms with E-state index in [1.165, 1.54) is 58.3 Å². The van der Waals surface area contributed by atoms with Gasteiger partial charge in [0.05, 0.1) is 0 Å². The van der Waals surface area contributed by atoms with Crippen LogP contribution >= 0.6 is 11.8 Å². The van der Waals surface area contributed by atoms with Gasteiger partial charge in [0.1, 0.15) is 0 Å². The van der Waals surface area contributed by atoms with Crippen molar-refractivity contribution in [1.29, 1.82) is 0 Å². The van der Waals surface area contributed by atoms with E-state index in [2.05, 4.69) is 28.2 Å². The highest BCUT2D eigenvalue weighted by molar-refractivity contribution is 7.99. The van der Waals surface area contributed by atoms with E-state index in [9.17, 15) is 0 Å². The summed E-state index contributed by atoms with van der Waals surface area (Å²) in [5, 5.41) is 4.41. The highest BCUT2D eigenvalue weighted by Crippen LogP contribution is 2.37. The van der Waals surface area contributed by atoms with Gasteiger partial charge in [0.25, 0.3) is 0 Å². The van der Waals surface area contributed by atoms with Crippen LogP contribution in [0.25, 0.3) is 0 Å². The van der Waals surface area contributed by atoms with Crippen LogP contribution in [0.5, 0.6) is 0 Å². The van der Waals surface area contributed by atoms with Crippen LogP contribution in [0, 0.1) is 11.8 Å². The minimum Gasteiger partial charge on any atom is -0.314 e. The van der Waals surface area contributed by atoms with Crippen LogP contribution in [-0.2, 0) is 0 Å². The molecule has 3 fully saturated rings. The summed E-state index contributed by atoms with van der Waals surface area (Å²) in [7, 11) is 0. The molecule has 1 aliphatic carbocycles. The molecular weight excluding hydrogens is 228 g/mol. The SMILES string of the molecule is CSC1CNCC1N1CCC2CCCCC2C1. The van der Waals surface area contributed by atoms with Gasteiger partial charge in [-0.1, -0.05) is 19.3 Å². The van der Waals surface area contributed by atoms with E-state index >= 15 is 0 Å². The van der Waals surface area contributed by atoms with Gasteiger partial charge in [-0.05, 0) is 37.5 Å². The first-order chi connectivity index (χ1) is 8.38. The minimum atomic E-state index is 0.813. The zero-order chi connectivity index (χ0) is 11.7. The number of hydrogen-bond acceptors (Lipinski definition) is 3. The lowest BCUT2D eigenvalue weighted by Gasteiger charge is -2.44. The summed E-state index contributed by atoms with van der Waals surface area (Å²) < 4.78 is 0. The first-order valence-electron chi connectivity index (χ1n) is 7.36. The Morgan fingerprint density at radius 2 is 1.88 bits per heavy atom. The second kappa shape index (κ2) is 5.50. The Morgan fingerprint density at radius 1 is 1.06 bits per heavy atom. The topological polar surface area (TPSA) is 15.3 Å². The molecule has 2 saturated heterocycles. The van der Waals surface area contributed by atoms with Crippen molar-refractivity contribution in [2.75, 3.05) is 32.4 Å². The van der Waals surface area contributed by atoms with Crippen molar-refractivity contribution in [2.24, 2.45) is 11.8 Å². The van der Waals surface area contributed by atoms with Gasteiger partial charge in [-0.25, -0.2) is 0 Å². The molecule has 4 atom stereocenters. The highest BCUT2D eigenvalue weighted by Gasteiger charge is 2.37. The van der Waals surface area contributed by atoms with E-state index in [0.29, 0.717) is 0 Å². The lowest BCUT2D eigenvalue weighted by Crippen LogP contribution is -2.50. The Hall–Kier alpha value is 0.270. The summed E-state index contributed by atoms with van der Waals surface area (Å²) in [6.45, 7) is 5.21. The maximum Gasteiger partial charge on any atom is 0.0351 e. The molecule has 17 heavy (non-hydrogen) atoms. The number of piperidine rings is 1. The largest absolute Gasteiger partial charge is 0.314 e. The number of thioether (sulfide) groups is 1. The van der Waals surface area contributed by atoms with Crippen molar-refractivity contribution in [3.8, 4) is 0 Å². The summed E-state index contributed by atoms with van der Waals surface area (Å²) in [6.07, 6.45) is 9.77. The van der Waals surface area contributed by atoms with Crippen molar-refractivity contribution >= 4 is 11.8 Å². The first-order valence-corrected chi connectivity index (χ1v) is 8.65. The molecule has 4 unspecified atom stereocenters. The van der Waals surface area contributed by atoms with Gasteiger partial charge >= 0.3 is 0 Å². The maximum absolute atomic E-state index is 3.58. The summed E-state index contributed by atoms with van der Waals surface area (Å²) in [6, 6.07) is 0.813. The highest BCUT2D eigenvalue weighted by atomic mass is 32.2. The average molecular weight is 254 g/mol. The summed E-state index contributed by atoms with van der Waals surface area (Å²) in [4.78, 5) is 2.81. The Morgan fingerprint density at radius 3 is 2.71 bits per heavy atom. The van der Waals surface area contributed by atoms with Gasteiger partial charge < -0.3 is 5.32 Å². The summed E-state index contributed by atoms with van der Waals surface area (Å²) in [5.41, 5.74) is 0. The van der Waals surface area contributed by atoms with Crippen LogP contribution in [0.4, 0.5) is 0 Å². The quantitative estimate of drug-likeness (QED) is 0.813. The molecule has 3 aliphatic rings. The van der Waals surface area contributed by atoms with Gasteiger partial charge in [0, 0.05) is 30.9 Å². The van der Waals surface area contributed by atoms with Crippen molar-refractivity contribution in [3.63, 3.8) is 0 Å². The molecule has 0 bridgehead atoms. The molecular formula is C14H26N2S. The predicted molar refractivity (Wildman–Crippen MR) is 75.6 cm³/mol.